The first-order chi connectivity index (χ1) is 11.8. The summed E-state index contributed by atoms with van der Waals surface area (Å²) in [6.07, 6.45) is 2.63. The van der Waals surface area contributed by atoms with Gasteiger partial charge in [0.1, 0.15) is 15.6 Å². The zero-order chi connectivity index (χ0) is 18.7. The molecule has 0 aliphatic heterocycles. The van der Waals surface area contributed by atoms with E-state index < -0.39 is 9.84 Å². The molecule has 2 N–H and O–H groups in total. The fourth-order valence-corrected chi connectivity index (χ4v) is 3.05. The maximum Gasteiger partial charge on any atom is 0.191 e. The van der Waals surface area contributed by atoms with Gasteiger partial charge in [0, 0.05) is 25.4 Å². The van der Waals surface area contributed by atoms with Crippen molar-refractivity contribution in [3.05, 3.63) is 29.8 Å². The zero-order valence-corrected chi connectivity index (χ0v) is 19.3. The molecule has 8 heteroatoms. The predicted octanol–water partition coefficient (Wildman–Crippen LogP) is 2.62. The van der Waals surface area contributed by atoms with Crippen molar-refractivity contribution in [3.63, 3.8) is 0 Å². The molecule has 0 spiro atoms. The van der Waals surface area contributed by atoms with Gasteiger partial charge in [0.05, 0.1) is 12.4 Å². The Morgan fingerprint density at radius 3 is 2.65 bits per heavy atom. The summed E-state index contributed by atoms with van der Waals surface area (Å²) in [7, 11) is -2.94. The van der Waals surface area contributed by atoms with E-state index in [0.29, 0.717) is 25.5 Å². The lowest BCUT2D eigenvalue weighted by Crippen LogP contribution is -2.43. The Labute approximate surface area is 175 Å². The topological polar surface area (TPSA) is 79.8 Å². The first kappa shape index (κ1) is 25.0. The van der Waals surface area contributed by atoms with E-state index in [1.807, 2.05) is 39.0 Å². The van der Waals surface area contributed by atoms with Crippen LogP contribution in [0.25, 0.3) is 0 Å². The van der Waals surface area contributed by atoms with Crippen LogP contribution >= 0.6 is 24.0 Å². The molecule has 0 radical (unpaired) electrons. The highest BCUT2D eigenvalue weighted by Crippen LogP contribution is 2.13. The van der Waals surface area contributed by atoms with E-state index in [0.717, 1.165) is 18.7 Å². The number of aliphatic imine (C=N–C) groups is 1. The van der Waals surface area contributed by atoms with Gasteiger partial charge in [-0.1, -0.05) is 12.1 Å². The van der Waals surface area contributed by atoms with Gasteiger partial charge in [-0.25, -0.2) is 8.42 Å². The number of hydrogen-bond donors (Lipinski definition) is 2. The number of sulfone groups is 1. The van der Waals surface area contributed by atoms with Crippen molar-refractivity contribution < 1.29 is 13.2 Å². The average molecular weight is 497 g/mol. The van der Waals surface area contributed by atoms with E-state index in [2.05, 4.69) is 21.7 Å². The lowest BCUT2D eigenvalue weighted by atomic mass is 10.1. The highest BCUT2D eigenvalue weighted by Gasteiger charge is 2.09. The van der Waals surface area contributed by atoms with E-state index in [-0.39, 0.29) is 35.8 Å². The van der Waals surface area contributed by atoms with Crippen LogP contribution in [0.2, 0.25) is 0 Å². The van der Waals surface area contributed by atoms with Crippen molar-refractivity contribution in [2.24, 2.45) is 4.99 Å². The summed E-state index contributed by atoms with van der Waals surface area (Å²) in [5, 5.41) is 6.45. The van der Waals surface area contributed by atoms with Crippen LogP contribution in [-0.2, 0) is 16.3 Å². The number of nitrogens with one attached hydrogen (secondary N) is 2. The summed E-state index contributed by atoms with van der Waals surface area (Å²) in [6, 6.07) is 8.07. The molecule has 0 amide bonds. The van der Waals surface area contributed by atoms with Crippen LogP contribution in [0, 0.1) is 0 Å². The average Bonchev–Trinajstić information content (AvgIpc) is 2.53. The molecule has 1 unspecified atom stereocenters. The third-order valence-corrected chi connectivity index (χ3v) is 4.51. The molecule has 0 bridgehead atoms. The van der Waals surface area contributed by atoms with Crippen LogP contribution in [0.4, 0.5) is 0 Å². The number of hydrogen-bond acceptors (Lipinski definition) is 4. The largest absolute Gasteiger partial charge is 0.494 e. The summed E-state index contributed by atoms with van der Waals surface area (Å²) >= 11 is 0. The van der Waals surface area contributed by atoms with E-state index in [1.54, 1.807) is 0 Å². The SMILES string of the molecule is CCNC(=NCCc1cccc(OCC)c1)NC(C)CCS(C)(=O)=O.I. The third kappa shape index (κ3) is 11.6. The second-order valence-corrected chi connectivity index (χ2v) is 8.31. The van der Waals surface area contributed by atoms with E-state index in [9.17, 15) is 8.42 Å². The standard InChI is InChI=1S/C18H31N3O3S.HI/c1-5-19-18(21-15(3)11-13-25(4,22)23)20-12-10-16-8-7-9-17(14-16)24-6-2;/h7-9,14-15H,5-6,10-13H2,1-4H3,(H2,19,20,21);1H. The minimum absolute atomic E-state index is 0. The summed E-state index contributed by atoms with van der Waals surface area (Å²) in [6.45, 7) is 7.99. The predicted molar refractivity (Wildman–Crippen MR) is 120 cm³/mol. The van der Waals surface area contributed by atoms with Crippen LogP contribution in [0.15, 0.2) is 29.3 Å². The van der Waals surface area contributed by atoms with Crippen LogP contribution < -0.4 is 15.4 Å². The molecule has 6 nitrogen and oxygen atoms in total. The Morgan fingerprint density at radius 2 is 2.04 bits per heavy atom. The molecule has 0 saturated carbocycles. The van der Waals surface area contributed by atoms with E-state index >= 15 is 0 Å². The molecule has 1 rings (SSSR count). The van der Waals surface area contributed by atoms with E-state index in [1.165, 1.54) is 11.8 Å². The lowest BCUT2D eigenvalue weighted by molar-refractivity contribution is 0.340. The summed E-state index contributed by atoms with van der Waals surface area (Å²) in [5.74, 6) is 1.76. The second-order valence-electron chi connectivity index (χ2n) is 6.06. The number of nitrogens with zero attached hydrogens (tertiary/aromatic N) is 1. The molecule has 26 heavy (non-hydrogen) atoms. The molecule has 1 aromatic rings. The molecular weight excluding hydrogens is 465 g/mol. The van der Waals surface area contributed by atoms with Gasteiger partial charge in [-0.15, -0.1) is 24.0 Å². The molecule has 0 aromatic heterocycles. The molecule has 1 aromatic carbocycles. The van der Waals surface area contributed by atoms with Gasteiger partial charge in [0.2, 0.25) is 0 Å². The molecule has 0 fully saturated rings. The maximum atomic E-state index is 11.3. The normalized spacial score (nSPS) is 12.8. The van der Waals surface area contributed by atoms with Gasteiger partial charge in [0.25, 0.3) is 0 Å². The van der Waals surface area contributed by atoms with Gasteiger partial charge >= 0.3 is 0 Å². The Kier molecular flexibility index (Phi) is 12.7. The summed E-state index contributed by atoms with van der Waals surface area (Å²) < 4.78 is 28.0. The number of ether oxygens (including phenoxy) is 1. The first-order valence-corrected chi connectivity index (χ1v) is 10.8. The molecule has 0 heterocycles. The molecule has 150 valence electrons. The molecule has 0 saturated heterocycles. The monoisotopic (exact) mass is 497 g/mol. The van der Waals surface area contributed by atoms with Crippen molar-refractivity contribution in [1.29, 1.82) is 0 Å². The molecule has 1 atom stereocenters. The summed E-state index contributed by atoms with van der Waals surface area (Å²) in [5.41, 5.74) is 1.18. The quantitative estimate of drug-likeness (QED) is 0.295. The minimum atomic E-state index is -2.94. The Hall–Kier alpha value is -1.03. The smallest absolute Gasteiger partial charge is 0.191 e. The number of rotatable bonds is 10. The highest BCUT2D eigenvalue weighted by atomic mass is 127. The minimum Gasteiger partial charge on any atom is -0.494 e. The molecule has 0 aliphatic carbocycles. The molecule has 0 aliphatic rings. The third-order valence-electron chi connectivity index (χ3n) is 3.53. The van der Waals surface area contributed by atoms with Crippen molar-refractivity contribution in [2.45, 2.75) is 39.7 Å². The van der Waals surface area contributed by atoms with Crippen molar-refractivity contribution in [2.75, 3.05) is 31.7 Å². The van der Waals surface area contributed by atoms with E-state index in [4.69, 9.17) is 4.74 Å². The van der Waals surface area contributed by atoms with Crippen LogP contribution in [-0.4, -0.2) is 52.1 Å². The molecular formula is C18H32IN3O3S. The zero-order valence-electron chi connectivity index (χ0n) is 16.1. The van der Waals surface area contributed by atoms with Gasteiger partial charge in [0.15, 0.2) is 5.96 Å². The van der Waals surface area contributed by atoms with Crippen LogP contribution in [0.3, 0.4) is 0 Å². The number of guanidine groups is 1. The fourth-order valence-electron chi connectivity index (χ4n) is 2.27. The van der Waals surface area contributed by atoms with Crippen LogP contribution in [0.1, 0.15) is 32.8 Å². The van der Waals surface area contributed by atoms with Gasteiger partial charge in [-0.2, -0.15) is 0 Å². The van der Waals surface area contributed by atoms with Crippen molar-refractivity contribution >= 4 is 39.8 Å². The van der Waals surface area contributed by atoms with Crippen molar-refractivity contribution in [1.82, 2.24) is 10.6 Å². The van der Waals surface area contributed by atoms with Crippen LogP contribution in [0.5, 0.6) is 5.75 Å². The lowest BCUT2D eigenvalue weighted by Gasteiger charge is -2.17. The Morgan fingerprint density at radius 1 is 1.31 bits per heavy atom. The van der Waals surface area contributed by atoms with Gasteiger partial charge in [-0.3, -0.25) is 4.99 Å². The van der Waals surface area contributed by atoms with Crippen molar-refractivity contribution in [3.8, 4) is 5.75 Å². The fraction of sp³-hybridized carbons (Fsp3) is 0.611. The number of halogens is 1. The maximum absolute atomic E-state index is 11.3. The van der Waals surface area contributed by atoms with Gasteiger partial charge < -0.3 is 15.4 Å². The Balaban J connectivity index is 0.00000625. The Bertz CT molecular complexity index is 651. The summed E-state index contributed by atoms with van der Waals surface area (Å²) in [4.78, 5) is 4.57. The van der Waals surface area contributed by atoms with Gasteiger partial charge in [-0.05, 0) is 51.3 Å². The number of benzene rings is 1. The highest BCUT2D eigenvalue weighted by molar-refractivity contribution is 14.0. The second kappa shape index (κ2) is 13.2. The first-order valence-electron chi connectivity index (χ1n) is 8.78.